The zero-order chi connectivity index (χ0) is 19.6. The number of aromatic nitrogens is 1. The summed E-state index contributed by atoms with van der Waals surface area (Å²) in [5.41, 5.74) is 8.73. The number of nitrogens with two attached hydrogens (primary N) is 1. The summed E-state index contributed by atoms with van der Waals surface area (Å²) < 4.78 is 9.29. The van der Waals surface area contributed by atoms with Crippen LogP contribution in [0.25, 0.3) is 6.08 Å². The Morgan fingerprint density at radius 3 is 2.96 bits per heavy atom. The van der Waals surface area contributed by atoms with Gasteiger partial charge in [0.1, 0.15) is 5.69 Å². The van der Waals surface area contributed by atoms with Crippen LogP contribution in [-0.4, -0.2) is 28.8 Å². The van der Waals surface area contributed by atoms with Crippen LogP contribution < -0.4 is 16.4 Å². The van der Waals surface area contributed by atoms with Gasteiger partial charge in [-0.25, -0.2) is 0 Å². The van der Waals surface area contributed by atoms with E-state index in [1.165, 1.54) is 0 Å². The van der Waals surface area contributed by atoms with Crippen molar-refractivity contribution in [1.82, 2.24) is 9.88 Å². The van der Waals surface area contributed by atoms with E-state index >= 15 is 0 Å². The predicted molar refractivity (Wildman–Crippen MR) is 101 cm³/mol. The van der Waals surface area contributed by atoms with E-state index in [0.717, 1.165) is 11.1 Å². The Morgan fingerprint density at radius 1 is 1.38 bits per heavy atom. The molecule has 0 unspecified atom stereocenters. The molecule has 5 N–H and O–H groups in total. The first kappa shape index (κ1) is 16.1. The average molecular weight is 353 g/mol. The lowest BCUT2D eigenvalue weighted by Gasteiger charge is -2.04. The van der Waals surface area contributed by atoms with Gasteiger partial charge in [0.05, 0.1) is 12.9 Å². The van der Waals surface area contributed by atoms with Gasteiger partial charge < -0.3 is 20.9 Å². The summed E-state index contributed by atoms with van der Waals surface area (Å²) in [4.78, 5) is 24.7. The van der Waals surface area contributed by atoms with E-state index in [1.54, 1.807) is 42.1 Å². The van der Waals surface area contributed by atoms with Crippen LogP contribution in [0.2, 0.25) is 0 Å². The fraction of sp³-hybridized carbons (Fsp3) is 0.211. The minimum Gasteiger partial charge on any atom is -0.388 e. The molecule has 134 valence electrons. The van der Waals surface area contributed by atoms with Crippen molar-refractivity contribution < 1.29 is 11.0 Å². The Balaban J connectivity index is 1.65. The van der Waals surface area contributed by atoms with E-state index in [1.807, 2.05) is 6.07 Å². The molecule has 0 saturated heterocycles. The van der Waals surface area contributed by atoms with Gasteiger partial charge in [0.2, 0.25) is 0 Å². The van der Waals surface area contributed by atoms with Gasteiger partial charge in [-0.2, -0.15) is 0 Å². The fourth-order valence-electron chi connectivity index (χ4n) is 2.83. The number of rotatable bonds is 6. The van der Waals surface area contributed by atoms with Gasteiger partial charge in [0.25, 0.3) is 11.8 Å². The minimum absolute atomic E-state index is 0.0125. The third-order valence-electron chi connectivity index (χ3n) is 4.17. The van der Waals surface area contributed by atoms with Crippen molar-refractivity contribution in [1.29, 1.82) is 5.41 Å². The molecule has 26 heavy (non-hydrogen) atoms. The number of anilines is 1. The number of amides is 2. The van der Waals surface area contributed by atoms with Gasteiger partial charge >= 0.3 is 0 Å². The largest absolute Gasteiger partial charge is 0.388 e. The van der Waals surface area contributed by atoms with E-state index < -0.39 is 0 Å². The first-order valence-electron chi connectivity index (χ1n) is 8.72. The summed E-state index contributed by atoms with van der Waals surface area (Å²) in [6.07, 6.45) is 4.27. The summed E-state index contributed by atoms with van der Waals surface area (Å²) in [5.74, 6) is -0.514. The molecule has 0 saturated carbocycles. The molecular formula is C19H21N5O2. The van der Waals surface area contributed by atoms with Crippen molar-refractivity contribution in [3.05, 3.63) is 58.9 Å². The number of benzene rings is 1. The van der Waals surface area contributed by atoms with Crippen molar-refractivity contribution in [2.45, 2.75) is 12.8 Å². The van der Waals surface area contributed by atoms with Crippen LogP contribution in [0, 0.1) is 5.41 Å². The lowest BCUT2D eigenvalue weighted by molar-refractivity contribution is -0.112. The Kier molecular flexibility index (Phi) is 4.51. The van der Waals surface area contributed by atoms with Crippen molar-refractivity contribution in [3.63, 3.8) is 0 Å². The number of carbonyl (C=O) groups is 2. The lowest BCUT2D eigenvalue weighted by atomic mass is 10.1. The Hall–Kier alpha value is -3.35. The molecule has 1 heterocycles. The molecule has 3 rings (SSSR count). The van der Waals surface area contributed by atoms with E-state index in [-0.39, 0.29) is 30.6 Å². The molecule has 0 aliphatic heterocycles. The number of carbonyl (C=O) groups excluding carboxylic acids is 2. The molecule has 1 aromatic carbocycles. The van der Waals surface area contributed by atoms with Crippen molar-refractivity contribution in [3.8, 4) is 0 Å². The number of amidine groups is 1. The molecule has 0 spiro atoms. The highest BCUT2D eigenvalue weighted by Crippen LogP contribution is 2.25. The average Bonchev–Trinajstić information content (AvgIpc) is 3.17. The first-order chi connectivity index (χ1) is 12.8. The summed E-state index contributed by atoms with van der Waals surface area (Å²) in [7, 11) is 1.72. The van der Waals surface area contributed by atoms with Crippen LogP contribution in [0.3, 0.4) is 0 Å². The van der Waals surface area contributed by atoms with Crippen LogP contribution in [-0.2, 0) is 18.3 Å². The molecule has 2 aromatic rings. The number of nitrogens with one attached hydrogen (secondary N) is 3. The summed E-state index contributed by atoms with van der Waals surface area (Å²) >= 11 is 0. The first-order valence-corrected chi connectivity index (χ1v) is 8.22. The van der Waals surface area contributed by atoms with Crippen LogP contribution >= 0.6 is 0 Å². The maximum atomic E-state index is 12.5. The van der Waals surface area contributed by atoms with Gasteiger partial charge in [0, 0.05) is 38.2 Å². The molecule has 1 aliphatic rings. The van der Waals surface area contributed by atoms with Gasteiger partial charge in [-0.15, -0.1) is 0 Å². The van der Waals surface area contributed by atoms with Crippen LogP contribution in [0.15, 0.2) is 42.1 Å². The topological polar surface area (TPSA) is 113 Å². The van der Waals surface area contributed by atoms with Gasteiger partial charge in [-0.05, 0) is 23.3 Å². The summed E-state index contributed by atoms with van der Waals surface area (Å²) in [6.45, 7) is 0.282. The van der Waals surface area contributed by atoms with Crippen LogP contribution in [0.4, 0.5) is 5.69 Å². The maximum Gasteiger partial charge on any atom is 0.267 e. The minimum atomic E-state index is -0.297. The molecule has 0 bridgehead atoms. The summed E-state index contributed by atoms with van der Waals surface area (Å²) in [5, 5.41) is 12.7. The van der Waals surface area contributed by atoms with Crippen molar-refractivity contribution >= 4 is 29.4 Å². The maximum absolute atomic E-state index is 12.5. The lowest BCUT2D eigenvalue weighted by Crippen LogP contribution is -2.28. The molecule has 7 heteroatoms. The Bertz CT molecular complexity index is 961. The second kappa shape index (κ2) is 7.26. The monoisotopic (exact) mass is 353 g/mol. The second-order valence-corrected chi connectivity index (χ2v) is 6.18. The molecule has 1 aromatic heterocycles. The van der Waals surface area contributed by atoms with Gasteiger partial charge in [-0.1, -0.05) is 24.2 Å². The highest BCUT2D eigenvalue weighted by Gasteiger charge is 2.19. The highest BCUT2D eigenvalue weighted by molar-refractivity contribution is 6.08. The molecular weight excluding hydrogens is 330 g/mol. The molecule has 0 atom stereocenters. The zero-order valence-corrected chi connectivity index (χ0v) is 14.4. The van der Waals surface area contributed by atoms with Gasteiger partial charge in [-0.3, -0.25) is 15.0 Å². The normalized spacial score (nSPS) is 12.8. The van der Waals surface area contributed by atoms with E-state index in [2.05, 4.69) is 10.6 Å². The van der Waals surface area contributed by atoms with E-state index in [0.29, 0.717) is 29.4 Å². The Morgan fingerprint density at radius 2 is 2.19 bits per heavy atom. The smallest absolute Gasteiger partial charge is 0.267 e. The van der Waals surface area contributed by atoms with E-state index in [9.17, 15) is 9.59 Å². The van der Waals surface area contributed by atoms with E-state index in [4.69, 9.17) is 12.5 Å². The number of fused-ring (bicyclic) bond motifs is 1. The van der Waals surface area contributed by atoms with Crippen LogP contribution in [0.5, 0.6) is 0 Å². The molecule has 0 radical (unpaired) electrons. The van der Waals surface area contributed by atoms with Crippen molar-refractivity contribution in [2.24, 2.45) is 12.8 Å². The third kappa shape index (κ3) is 3.83. The quantitative estimate of drug-likeness (QED) is 0.468. The standard InChI is InChI=1S/C19H21N5O2/c1-24-11-15(10-16(24)19(26)22-7-6-17(20)21)23-18(25)14-8-12-4-2-3-5-13(12)9-14/h2-5,8,10-11H,6-7,9H2,1H3,(H3,20,21)(H,22,26)(H,23,25)/i2T. The second-order valence-electron chi connectivity index (χ2n) is 6.18. The molecule has 7 nitrogen and oxygen atoms in total. The molecule has 0 fully saturated rings. The van der Waals surface area contributed by atoms with Crippen molar-refractivity contribution in [2.75, 3.05) is 11.9 Å². The number of aryl methyl sites for hydroxylation is 1. The fourth-order valence-corrected chi connectivity index (χ4v) is 2.83. The van der Waals surface area contributed by atoms with Gasteiger partial charge in [0.15, 0.2) is 0 Å². The Labute approximate surface area is 152 Å². The highest BCUT2D eigenvalue weighted by atomic mass is 16.2. The zero-order valence-electron chi connectivity index (χ0n) is 15.4. The SMILES string of the molecule is [3H]c1ccc2c(c1)C=C(C(=O)Nc1cc(C(=O)NCCC(=N)N)n(C)c1)C2. The molecule has 2 amide bonds. The number of hydrogen-bond acceptors (Lipinski definition) is 3. The third-order valence-corrected chi connectivity index (χ3v) is 4.17. The number of hydrogen-bond donors (Lipinski definition) is 4. The summed E-state index contributed by atoms with van der Waals surface area (Å²) in [6, 6.07) is 7.32. The van der Waals surface area contributed by atoms with Crippen LogP contribution in [0.1, 0.15) is 29.4 Å². The number of nitrogens with zero attached hydrogens (tertiary/aromatic N) is 1. The molecule has 1 aliphatic carbocycles. The predicted octanol–water partition coefficient (Wildman–Crippen LogP) is 1.66.